The Morgan fingerprint density at radius 2 is 2.16 bits per heavy atom. The molecule has 19 heavy (non-hydrogen) atoms. The molecule has 0 amide bonds. The molecule has 1 aliphatic carbocycles. The molecule has 1 aromatic carbocycles. The molecular formula is C14H19BrN2S2. The van der Waals surface area contributed by atoms with Crippen LogP contribution in [0.5, 0.6) is 0 Å². The predicted molar refractivity (Wildman–Crippen MR) is 93.2 cm³/mol. The Morgan fingerprint density at radius 1 is 1.42 bits per heavy atom. The van der Waals surface area contributed by atoms with E-state index < -0.39 is 0 Å². The van der Waals surface area contributed by atoms with Gasteiger partial charge in [0.15, 0.2) is 0 Å². The highest BCUT2D eigenvalue weighted by Crippen LogP contribution is 2.32. The van der Waals surface area contributed by atoms with Gasteiger partial charge in [0.1, 0.15) is 4.99 Å². The van der Waals surface area contributed by atoms with E-state index in [1.807, 2.05) is 23.9 Å². The Bertz CT molecular complexity index is 465. The number of benzene rings is 1. The molecule has 3 N–H and O–H groups in total. The Hall–Kier alpha value is -0.260. The molecule has 104 valence electrons. The van der Waals surface area contributed by atoms with Crippen molar-refractivity contribution in [2.24, 2.45) is 5.73 Å². The first-order chi connectivity index (χ1) is 9.11. The normalized spacial score (nSPS) is 23.1. The molecule has 1 aromatic rings. The summed E-state index contributed by atoms with van der Waals surface area (Å²) in [6, 6.07) is 6.58. The summed E-state index contributed by atoms with van der Waals surface area (Å²) in [4.78, 5) is 0.437. The van der Waals surface area contributed by atoms with Crippen LogP contribution in [0.15, 0.2) is 22.7 Å². The zero-order chi connectivity index (χ0) is 13.8. The minimum absolute atomic E-state index is 0.437. The molecule has 0 aliphatic heterocycles. The maximum atomic E-state index is 5.65. The Kier molecular flexibility index (Phi) is 5.54. The Balaban J connectivity index is 2.11. The lowest BCUT2D eigenvalue weighted by molar-refractivity contribution is 0.475. The first-order valence-electron chi connectivity index (χ1n) is 6.50. The third-order valence-corrected chi connectivity index (χ3v) is 5.66. The van der Waals surface area contributed by atoms with Crippen LogP contribution in [-0.4, -0.2) is 22.5 Å². The van der Waals surface area contributed by atoms with Gasteiger partial charge >= 0.3 is 0 Å². The van der Waals surface area contributed by atoms with Gasteiger partial charge in [-0.3, -0.25) is 0 Å². The summed E-state index contributed by atoms with van der Waals surface area (Å²) in [5.74, 6) is 0. The van der Waals surface area contributed by atoms with E-state index >= 15 is 0 Å². The second-order valence-corrected chi connectivity index (χ2v) is 7.24. The minimum atomic E-state index is 0.437. The van der Waals surface area contributed by atoms with Gasteiger partial charge in [0.25, 0.3) is 0 Å². The quantitative estimate of drug-likeness (QED) is 0.792. The maximum Gasteiger partial charge on any atom is 0.104 e. The van der Waals surface area contributed by atoms with Crippen LogP contribution < -0.4 is 11.1 Å². The standard InChI is InChI=1S/C14H19BrN2S2/c1-19-13-5-3-2-4-12(13)17-11-7-6-9(14(16)18)8-10(11)15/h6-8,12-13,17H,2-5H2,1H3,(H2,16,18). The van der Waals surface area contributed by atoms with Gasteiger partial charge in [0, 0.05) is 27.0 Å². The number of hydrogen-bond acceptors (Lipinski definition) is 3. The molecule has 1 fully saturated rings. The number of hydrogen-bond donors (Lipinski definition) is 2. The molecule has 0 aromatic heterocycles. The van der Waals surface area contributed by atoms with E-state index in [0.29, 0.717) is 16.3 Å². The highest BCUT2D eigenvalue weighted by molar-refractivity contribution is 9.10. The molecule has 2 nitrogen and oxygen atoms in total. The fraction of sp³-hybridized carbons (Fsp3) is 0.500. The number of halogens is 1. The van der Waals surface area contributed by atoms with E-state index in [9.17, 15) is 0 Å². The molecule has 0 spiro atoms. The molecule has 2 unspecified atom stereocenters. The number of rotatable bonds is 4. The van der Waals surface area contributed by atoms with Crippen LogP contribution in [0.25, 0.3) is 0 Å². The molecular weight excluding hydrogens is 340 g/mol. The summed E-state index contributed by atoms with van der Waals surface area (Å²) in [7, 11) is 0. The van der Waals surface area contributed by atoms with E-state index in [1.165, 1.54) is 25.7 Å². The van der Waals surface area contributed by atoms with Crippen LogP contribution in [0, 0.1) is 0 Å². The number of nitrogens with one attached hydrogen (secondary N) is 1. The SMILES string of the molecule is CSC1CCCCC1Nc1ccc(C(N)=S)cc1Br. The predicted octanol–water partition coefficient (Wildman–Crippen LogP) is 4.17. The van der Waals surface area contributed by atoms with E-state index in [4.69, 9.17) is 18.0 Å². The lowest BCUT2D eigenvalue weighted by Crippen LogP contribution is -2.34. The summed E-state index contributed by atoms with van der Waals surface area (Å²) >= 11 is 10.6. The number of thiocarbonyl (C=S) groups is 1. The van der Waals surface area contributed by atoms with Crippen LogP contribution in [0.4, 0.5) is 5.69 Å². The molecule has 1 aliphatic rings. The van der Waals surface area contributed by atoms with Gasteiger partial charge in [-0.2, -0.15) is 11.8 Å². The third kappa shape index (κ3) is 3.86. The van der Waals surface area contributed by atoms with E-state index in [1.54, 1.807) is 0 Å². The van der Waals surface area contributed by atoms with Crippen molar-refractivity contribution in [3.8, 4) is 0 Å². The zero-order valence-electron chi connectivity index (χ0n) is 11.0. The van der Waals surface area contributed by atoms with Crippen molar-refractivity contribution in [1.29, 1.82) is 0 Å². The van der Waals surface area contributed by atoms with E-state index in [0.717, 1.165) is 15.7 Å². The first kappa shape index (κ1) is 15.1. The van der Waals surface area contributed by atoms with Crippen LogP contribution in [0.1, 0.15) is 31.2 Å². The fourth-order valence-electron chi connectivity index (χ4n) is 2.53. The minimum Gasteiger partial charge on any atom is -0.389 e. The first-order valence-corrected chi connectivity index (χ1v) is 8.99. The van der Waals surface area contributed by atoms with E-state index in [2.05, 4.69) is 33.6 Å². The van der Waals surface area contributed by atoms with Crippen molar-refractivity contribution in [3.63, 3.8) is 0 Å². The monoisotopic (exact) mass is 358 g/mol. The van der Waals surface area contributed by atoms with Gasteiger partial charge in [-0.15, -0.1) is 0 Å². The Labute approximate surface area is 133 Å². The molecule has 0 heterocycles. The van der Waals surface area contributed by atoms with Crippen molar-refractivity contribution in [1.82, 2.24) is 0 Å². The summed E-state index contributed by atoms with van der Waals surface area (Å²) < 4.78 is 1.03. The van der Waals surface area contributed by atoms with Crippen LogP contribution in [0.3, 0.4) is 0 Å². The average molecular weight is 359 g/mol. The molecule has 0 radical (unpaired) electrons. The molecule has 0 saturated heterocycles. The van der Waals surface area contributed by atoms with Crippen molar-refractivity contribution in [3.05, 3.63) is 28.2 Å². The average Bonchev–Trinajstić information content (AvgIpc) is 2.41. The molecule has 0 bridgehead atoms. The lowest BCUT2D eigenvalue weighted by Gasteiger charge is -2.32. The molecule has 2 atom stereocenters. The molecule has 5 heteroatoms. The molecule has 1 saturated carbocycles. The van der Waals surface area contributed by atoms with Crippen molar-refractivity contribution in [2.45, 2.75) is 37.0 Å². The van der Waals surface area contributed by atoms with Gasteiger partial charge in [-0.25, -0.2) is 0 Å². The highest BCUT2D eigenvalue weighted by atomic mass is 79.9. The topological polar surface area (TPSA) is 38.0 Å². The van der Waals surface area contributed by atoms with Crippen LogP contribution >= 0.6 is 39.9 Å². The summed E-state index contributed by atoms with van der Waals surface area (Å²) in [5.41, 5.74) is 7.68. The third-order valence-electron chi connectivity index (χ3n) is 3.60. The number of nitrogens with two attached hydrogens (primary N) is 1. The van der Waals surface area contributed by atoms with Crippen molar-refractivity contribution in [2.75, 3.05) is 11.6 Å². The van der Waals surface area contributed by atoms with Crippen LogP contribution in [0.2, 0.25) is 0 Å². The van der Waals surface area contributed by atoms with Gasteiger partial charge in [-0.1, -0.05) is 25.1 Å². The summed E-state index contributed by atoms with van der Waals surface area (Å²) in [6.07, 6.45) is 7.43. The maximum absolute atomic E-state index is 5.65. The highest BCUT2D eigenvalue weighted by Gasteiger charge is 2.24. The van der Waals surface area contributed by atoms with Crippen molar-refractivity contribution < 1.29 is 0 Å². The summed E-state index contributed by atoms with van der Waals surface area (Å²) in [6.45, 7) is 0. The number of thioether (sulfide) groups is 1. The van der Waals surface area contributed by atoms with Gasteiger partial charge in [0.2, 0.25) is 0 Å². The Morgan fingerprint density at radius 3 is 2.79 bits per heavy atom. The van der Waals surface area contributed by atoms with Gasteiger partial charge in [-0.05, 0) is 53.2 Å². The fourth-order valence-corrected chi connectivity index (χ4v) is 4.08. The summed E-state index contributed by atoms with van der Waals surface area (Å²) in [5, 5.41) is 4.37. The lowest BCUT2D eigenvalue weighted by atomic mass is 9.94. The zero-order valence-corrected chi connectivity index (χ0v) is 14.2. The van der Waals surface area contributed by atoms with Gasteiger partial charge in [0.05, 0.1) is 0 Å². The second-order valence-electron chi connectivity index (χ2n) is 4.87. The second kappa shape index (κ2) is 6.95. The van der Waals surface area contributed by atoms with Crippen LogP contribution in [-0.2, 0) is 0 Å². The van der Waals surface area contributed by atoms with E-state index in [-0.39, 0.29) is 0 Å². The van der Waals surface area contributed by atoms with Gasteiger partial charge < -0.3 is 11.1 Å². The molecule has 2 rings (SSSR count). The van der Waals surface area contributed by atoms with Crippen molar-refractivity contribution >= 4 is 50.6 Å². The smallest absolute Gasteiger partial charge is 0.104 e. The largest absolute Gasteiger partial charge is 0.389 e. The number of anilines is 1.